The largest absolute Gasteiger partial charge is 0.481 e. The van der Waals surface area contributed by atoms with Gasteiger partial charge in [-0.15, -0.1) is 0 Å². The van der Waals surface area contributed by atoms with Crippen LogP contribution in [0.5, 0.6) is 0 Å². The zero-order chi connectivity index (χ0) is 19.6. The minimum Gasteiger partial charge on any atom is -0.481 e. The third kappa shape index (κ3) is 15.4. The van der Waals surface area contributed by atoms with Crippen molar-refractivity contribution < 1.29 is 25.2 Å². The lowest BCUT2D eigenvalue weighted by Crippen LogP contribution is -2.23. The van der Waals surface area contributed by atoms with E-state index in [1.54, 1.807) is 0 Å². The van der Waals surface area contributed by atoms with Crippen LogP contribution in [0.25, 0.3) is 0 Å². The number of rotatable bonds is 18. The van der Waals surface area contributed by atoms with Gasteiger partial charge in [-0.05, 0) is 38.5 Å². The van der Waals surface area contributed by atoms with Crippen molar-refractivity contribution in [3.63, 3.8) is 0 Å². The van der Waals surface area contributed by atoms with Crippen molar-refractivity contribution in [3.8, 4) is 0 Å². The Balaban J connectivity index is 3.60. The molecule has 0 radical (unpaired) electrons. The first kappa shape index (κ1) is 25.1. The van der Waals surface area contributed by atoms with Crippen molar-refractivity contribution in [2.75, 3.05) is 6.61 Å². The van der Waals surface area contributed by atoms with E-state index in [4.69, 9.17) is 10.2 Å². The number of aliphatic carboxylic acids is 1. The third-order valence-electron chi connectivity index (χ3n) is 4.76. The lowest BCUT2D eigenvalue weighted by Gasteiger charge is -2.15. The highest BCUT2D eigenvalue weighted by molar-refractivity contribution is 5.69. The van der Waals surface area contributed by atoms with E-state index in [1.165, 1.54) is 19.3 Å². The molecule has 26 heavy (non-hydrogen) atoms. The van der Waals surface area contributed by atoms with Crippen molar-refractivity contribution in [3.05, 3.63) is 12.2 Å². The molecule has 4 N–H and O–H groups in total. The maximum Gasteiger partial charge on any atom is 0.306 e. The highest BCUT2D eigenvalue weighted by Gasteiger charge is 2.20. The van der Waals surface area contributed by atoms with Gasteiger partial charge in [-0.25, -0.2) is 0 Å². The van der Waals surface area contributed by atoms with E-state index in [9.17, 15) is 15.0 Å². The van der Waals surface area contributed by atoms with Gasteiger partial charge in [0.25, 0.3) is 0 Å². The van der Waals surface area contributed by atoms with Gasteiger partial charge in [-0.3, -0.25) is 4.79 Å². The molecular formula is C21H40O5. The van der Waals surface area contributed by atoms with Crippen LogP contribution < -0.4 is 0 Å². The van der Waals surface area contributed by atoms with Crippen molar-refractivity contribution in [1.29, 1.82) is 0 Å². The summed E-state index contributed by atoms with van der Waals surface area (Å²) < 4.78 is 0. The van der Waals surface area contributed by atoms with Crippen LogP contribution in [0.4, 0.5) is 0 Å². The molecule has 0 aromatic heterocycles. The number of carboxylic acids is 1. The molecule has 0 saturated carbocycles. The third-order valence-corrected chi connectivity index (χ3v) is 4.76. The van der Waals surface area contributed by atoms with Crippen LogP contribution >= 0.6 is 0 Å². The van der Waals surface area contributed by atoms with Gasteiger partial charge < -0.3 is 20.4 Å². The van der Waals surface area contributed by atoms with Crippen LogP contribution in [0.1, 0.15) is 90.4 Å². The van der Waals surface area contributed by atoms with Crippen LogP contribution in [-0.4, -0.2) is 45.2 Å². The van der Waals surface area contributed by atoms with Crippen LogP contribution in [0.3, 0.4) is 0 Å². The van der Waals surface area contributed by atoms with E-state index < -0.39 is 18.0 Å². The summed E-state index contributed by atoms with van der Waals surface area (Å²) in [6, 6.07) is 0. The highest BCUT2D eigenvalue weighted by atomic mass is 16.4. The molecule has 0 aliphatic carbocycles. The summed E-state index contributed by atoms with van der Waals surface area (Å²) in [5.74, 6) is -1.47. The quantitative estimate of drug-likeness (QED) is 0.215. The van der Waals surface area contributed by atoms with Crippen LogP contribution in [0.15, 0.2) is 12.2 Å². The van der Waals surface area contributed by atoms with E-state index in [-0.39, 0.29) is 19.1 Å². The minimum atomic E-state index is -0.941. The fraction of sp³-hybridized carbons (Fsp3) is 0.857. The molecule has 5 heteroatoms. The summed E-state index contributed by atoms with van der Waals surface area (Å²) in [4.78, 5) is 11.1. The highest BCUT2D eigenvalue weighted by Crippen LogP contribution is 2.17. The van der Waals surface area contributed by atoms with Crippen molar-refractivity contribution in [1.82, 2.24) is 0 Å². The molecule has 3 atom stereocenters. The molecule has 2 unspecified atom stereocenters. The molecule has 0 aliphatic rings. The molecule has 0 bridgehead atoms. The molecule has 5 nitrogen and oxygen atoms in total. The molecule has 0 fully saturated rings. The zero-order valence-corrected chi connectivity index (χ0v) is 16.5. The molecule has 0 amide bonds. The van der Waals surface area contributed by atoms with Gasteiger partial charge >= 0.3 is 5.97 Å². The molecular weight excluding hydrogens is 332 g/mol. The van der Waals surface area contributed by atoms with Gasteiger partial charge in [0.2, 0.25) is 0 Å². The zero-order valence-electron chi connectivity index (χ0n) is 16.5. The van der Waals surface area contributed by atoms with E-state index in [2.05, 4.69) is 19.1 Å². The Morgan fingerprint density at radius 3 is 2.19 bits per heavy atom. The van der Waals surface area contributed by atoms with Gasteiger partial charge in [-0.2, -0.15) is 0 Å². The number of carbonyl (C=O) groups is 1. The second-order valence-corrected chi connectivity index (χ2v) is 7.31. The van der Waals surface area contributed by atoms with Gasteiger partial charge in [0.15, 0.2) is 0 Å². The lowest BCUT2D eigenvalue weighted by atomic mass is 9.95. The number of unbranched alkanes of at least 4 members (excludes halogenated alkanes) is 7. The number of allylic oxidation sites excluding steroid dienone is 1. The van der Waals surface area contributed by atoms with Crippen LogP contribution in [0.2, 0.25) is 0 Å². The fourth-order valence-corrected chi connectivity index (χ4v) is 3.05. The molecule has 0 saturated heterocycles. The Labute approximate surface area is 159 Å². The number of carboxylic acid groups (broad SMARTS) is 1. The second-order valence-electron chi connectivity index (χ2n) is 7.31. The predicted octanol–water partition coefficient (Wildman–Crippen LogP) is 4.05. The predicted molar refractivity (Wildman–Crippen MR) is 105 cm³/mol. The molecule has 0 spiro atoms. The Bertz CT molecular complexity index is 356. The van der Waals surface area contributed by atoms with Crippen molar-refractivity contribution in [2.24, 2.45) is 5.92 Å². The van der Waals surface area contributed by atoms with Crippen LogP contribution in [-0.2, 0) is 4.79 Å². The van der Waals surface area contributed by atoms with E-state index in [0.29, 0.717) is 6.42 Å². The molecule has 154 valence electrons. The standard InChI is InChI=1S/C21H40O5/c1-2-3-4-11-14-19(23)15-12-9-7-5-6-8-10-13-18(21(25)26)16-20(24)17-22/h9,12,18-20,22-24H,2-8,10-11,13-17H2,1H3,(H,25,26)/b12-9-/t18?,19-,20?/m1/s1. The van der Waals surface area contributed by atoms with Gasteiger partial charge in [-0.1, -0.05) is 64.0 Å². The molecule has 0 heterocycles. The maximum absolute atomic E-state index is 11.1. The van der Waals surface area contributed by atoms with E-state index in [0.717, 1.165) is 51.4 Å². The number of aliphatic hydroxyl groups excluding tert-OH is 3. The van der Waals surface area contributed by atoms with Gasteiger partial charge in [0, 0.05) is 0 Å². The van der Waals surface area contributed by atoms with Gasteiger partial charge in [0.05, 0.1) is 24.7 Å². The SMILES string of the molecule is CCCCCC[C@@H](O)C/C=C\CCCCCCC(CC(O)CO)C(=O)O. The Hall–Kier alpha value is -0.910. The number of hydrogen-bond acceptors (Lipinski definition) is 4. The Kier molecular flexibility index (Phi) is 16.9. The Morgan fingerprint density at radius 2 is 1.54 bits per heavy atom. The first-order chi connectivity index (χ1) is 12.5. The first-order valence-electron chi connectivity index (χ1n) is 10.4. The summed E-state index contributed by atoms with van der Waals surface area (Å²) in [6.07, 6.45) is 15.0. The first-order valence-corrected chi connectivity index (χ1v) is 10.4. The molecule has 0 aromatic carbocycles. The molecule has 0 rings (SSSR count). The normalized spacial score (nSPS) is 15.2. The lowest BCUT2D eigenvalue weighted by molar-refractivity contribution is -0.143. The van der Waals surface area contributed by atoms with Gasteiger partial charge in [0.1, 0.15) is 0 Å². The number of aliphatic hydroxyl groups is 3. The summed E-state index contributed by atoms with van der Waals surface area (Å²) in [7, 11) is 0. The maximum atomic E-state index is 11.1. The number of hydrogen-bond donors (Lipinski definition) is 4. The molecule has 0 aliphatic heterocycles. The minimum absolute atomic E-state index is 0.120. The second kappa shape index (κ2) is 17.5. The fourth-order valence-electron chi connectivity index (χ4n) is 3.05. The average molecular weight is 373 g/mol. The van der Waals surface area contributed by atoms with Crippen molar-refractivity contribution >= 4 is 5.97 Å². The van der Waals surface area contributed by atoms with E-state index >= 15 is 0 Å². The van der Waals surface area contributed by atoms with Crippen molar-refractivity contribution in [2.45, 2.75) is 103 Å². The topological polar surface area (TPSA) is 98.0 Å². The summed E-state index contributed by atoms with van der Waals surface area (Å²) >= 11 is 0. The molecule has 0 aromatic rings. The summed E-state index contributed by atoms with van der Waals surface area (Å²) in [5, 5.41) is 37.2. The average Bonchev–Trinajstić information content (AvgIpc) is 2.62. The monoisotopic (exact) mass is 372 g/mol. The van der Waals surface area contributed by atoms with E-state index in [1.807, 2.05) is 0 Å². The smallest absolute Gasteiger partial charge is 0.306 e. The summed E-state index contributed by atoms with van der Waals surface area (Å²) in [6.45, 7) is 1.80. The summed E-state index contributed by atoms with van der Waals surface area (Å²) in [5.41, 5.74) is 0. The van der Waals surface area contributed by atoms with Crippen LogP contribution in [0, 0.1) is 5.92 Å². The Morgan fingerprint density at radius 1 is 0.885 bits per heavy atom.